The van der Waals surface area contributed by atoms with Crippen molar-refractivity contribution in [2.75, 3.05) is 13.7 Å². The summed E-state index contributed by atoms with van der Waals surface area (Å²) in [6.45, 7) is 2.32. The zero-order valence-electron chi connectivity index (χ0n) is 13.9. The Kier molecular flexibility index (Phi) is 4.61. The summed E-state index contributed by atoms with van der Waals surface area (Å²) < 4.78 is 25.0. The predicted molar refractivity (Wildman–Crippen MR) is 92.8 cm³/mol. The molecule has 0 aliphatic heterocycles. The molecule has 130 valence electrons. The summed E-state index contributed by atoms with van der Waals surface area (Å²) in [4.78, 5) is 14.3. The van der Waals surface area contributed by atoms with Crippen molar-refractivity contribution in [3.05, 3.63) is 47.8 Å². The standard InChI is InChI=1S/C19H18FNO4/c1-3-25-16-9-11(7-8-15(16)24-2)18-13(10-17(22)23)12-5-4-6-14(20)19(12)21-18/h4-9,21H,3,10H2,1-2H3,(H,22,23). The van der Waals surface area contributed by atoms with Gasteiger partial charge >= 0.3 is 5.97 Å². The molecule has 1 heterocycles. The maximum Gasteiger partial charge on any atom is 0.307 e. The van der Waals surface area contributed by atoms with E-state index in [1.165, 1.54) is 6.07 Å². The van der Waals surface area contributed by atoms with E-state index in [9.17, 15) is 14.3 Å². The first kappa shape index (κ1) is 16.8. The zero-order valence-corrected chi connectivity index (χ0v) is 13.9. The molecule has 3 aromatic rings. The van der Waals surface area contributed by atoms with E-state index in [1.807, 2.05) is 6.92 Å². The molecule has 25 heavy (non-hydrogen) atoms. The van der Waals surface area contributed by atoms with Gasteiger partial charge in [0, 0.05) is 10.9 Å². The fourth-order valence-electron chi connectivity index (χ4n) is 2.92. The molecule has 0 aliphatic carbocycles. The van der Waals surface area contributed by atoms with Crippen LogP contribution in [0.4, 0.5) is 4.39 Å². The lowest BCUT2D eigenvalue weighted by atomic mass is 10.0. The fourth-order valence-corrected chi connectivity index (χ4v) is 2.92. The Bertz CT molecular complexity index is 933. The van der Waals surface area contributed by atoms with Crippen molar-refractivity contribution < 1.29 is 23.8 Å². The summed E-state index contributed by atoms with van der Waals surface area (Å²) in [5.41, 5.74) is 2.10. The molecule has 2 aromatic carbocycles. The Balaban J connectivity index is 2.22. The van der Waals surface area contributed by atoms with Gasteiger partial charge in [-0.05, 0) is 36.8 Å². The number of rotatable bonds is 6. The van der Waals surface area contributed by atoms with Crippen LogP contribution in [0.15, 0.2) is 36.4 Å². The third-order valence-electron chi connectivity index (χ3n) is 3.97. The van der Waals surface area contributed by atoms with Crippen LogP contribution in [0, 0.1) is 5.82 Å². The molecule has 0 saturated heterocycles. The van der Waals surface area contributed by atoms with Gasteiger partial charge in [-0.15, -0.1) is 0 Å². The van der Waals surface area contributed by atoms with E-state index in [-0.39, 0.29) is 6.42 Å². The number of halogens is 1. The van der Waals surface area contributed by atoms with Crippen molar-refractivity contribution in [3.8, 4) is 22.8 Å². The van der Waals surface area contributed by atoms with Gasteiger partial charge in [-0.1, -0.05) is 12.1 Å². The van der Waals surface area contributed by atoms with Crippen LogP contribution in [0.5, 0.6) is 11.5 Å². The summed E-state index contributed by atoms with van der Waals surface area (Å²) in [7, 11) is 1.55. The lowest BCUT2D eigenvalue weighted by Gasteiger charge is -2.11. The molecule has 2 N–H and O–H groups in total. The summed E-state index contributed by atoms with van der Waals surface area (Å²) in [5.74, 6) is -0.283. The molecular formula is C19H18FNO4. The average Bonchev–Trinajstić information content (AvgIpc) is 2.95. The number of fused-ring (bicyclic) bond motifs is 1. The van der Waals surface area contributed by atoms with Crippen molar-refractivity contribution in [2.45, 2.75) is 13.3 Å². The second-order valence-electron chi connectivity index (χ2n) is 5.51. The van der Waals surface area contributed by atoms with Gasteiger partial charge in [0.1, 0.15) is 5.82 Å². The Morgan fingerprint density at radius 1 is 1.24 bits per heavy atom. The van der Waals surface area contributed by atoms with E-state index in [4.69, 9.17) is 9.47 Å². The quantitative estimate of drug-likeness (QED) is 0.709. The van der Waals surface area contributed by atoms with Gasteiger partial charge in [-0.2, -0.15) is 0 Å². The Hall–Kier alpha value is -3.02. The van der Waals surface area contributed by atoms with E-state index < -0.39 is 11.8 Å². The molecular weight excluding hydrogens is 325 g/mol. The first-order valence-corrected chi connectivity index (χ1v) is 7.87. The van der Waals surface area contributed by atoms with Gasteiger partial charge < -0.3 is 19.6 Å². The number of hydrogen-bond acceptors (Lipinski definition) is 3. The fraction of sp³-hybridized carbons (Fsp3) is 0.211. The van der Waals surface area contributed by atoms with Crippen LogP contribution in [-0.2, 0) is 11.2 Å². The number of carbonyl (C=O) groups is 1. The highest BCUT2D eigenvalue weighted by Crippen LogP contribution is 2.36. The normalized spacial score (nSPS) is 10.8. The first-order valence-electron chi connectivity index (χ1n) is 7.87. The van der Waals surface area contributed by atoms with E-state index in [0.29, 0.717) is 45.8 Å². The monoisotopic (exact) mass is 343 g/mol. The van der Waals surface area contributed by atoms with Gasteiger partial charge in [-0.3, -0.25) is 4.79 Å². The molecule has 0 spiro atoms. The Morgan fingerprint density at radius 2 is 2.04 bits per heavy atom. The average molecular weight is 343 g/mol. The van der Waals surface area contributed by atoms with Crippen LogP contribution in [0.25, 0.3) is 22.2 Å². The van der Waals surface area contributed by atoms with Gasteiger partial charge in [0.2, 0.25) is 0 Å². The smallest absolute Gasteiger partial charge is 0.307 e. The molecule has 0 atom stereocenters. The van der Waals surface area contributed by atoms with Gasteiger partial charge in [0.05, 0.1) is 31.3 Å². The maximum atomic E-state index is 14.1. The Labute approximate surface area is 144 Å². The number of ether oxygens (including phenoxy) is 2. The predicted octanol–water partition coefficient (Wildman–Crippen LogP) is 4.01. The number of carboxylic acids is 1. The number of methoxy groups -OCH3 is 1. The van der Waals surface area contributed by atoms with Crippen LogP contribution < -0.4 is 9.47 Å². The van der Waals surface area contributed by atoms with Crippen molar-refractivity contribution >= 4 is 16.9 Å². The highest BCUT2D eigenvalue weighted by Gasteiger charge is 2.19. The molecule has 6 heteroatoms. The topological polar surface area (TPSA) is 71.6 Å². The second-order valence-corrected chi connectivity index (χ2v) is 5.51. The number of H-pyrrole nitrogens is 1. The third kappa shape index (κ3) is 3.15. The largest absolute Gasteiger partial charge is 0.493 e. The molecule has 0 amide bonds. The van der Waals surface area contributed by atoms with Crippen LogP contribution in [0.2, 0.25) is 0 Å². The lowest BCUT2D eigenvalue weighted by molar-refractivity contribution is -0.136. The van der Waals surface area contributed by atoms with Crippen LogP contribution in [0.1, 0.15) is 12.5 Å². The maximum absolute atomic E-state index is 14.1. The number of aromatic amines is 1. The van der Waals surface area contributed by atoms with Crippen molar-refractivity contribution in [3.63, 3.8) is 0 Å². The number of benzene rings is 2. The zero-order chi connectivity index (χ0) is 18.0. The summed E-state index contributed by atoms with van der Waals surface area (Å²) in [6, 6.07) is 9.91. The summed E-state index contributed by atoms with van der Waals surface area (Å²) in [6.07, 6.45) is -0.214. The number of aromatic nitrogens is 1. The molecule has 0 unspecified atom stereocenters. The van der Waals surface area contributed by atoms with Crippen molar-refractivity contribution in [2.24, 2.45) is 0 Å². The van der Waals surface area contributed by atoms with Crippen molar-refractivity contribution in [1.29, 1.82) is 0 Å². The Morgan fingerprint density at radius 3 is 2.72 bits per heavy atom. The molecule has 5 nitrogen and oxygen atoms in total. The molecule has 0 aliphatic rings. The van der Waals surface area contributed by atoms with Crippen LogP contribution in [0.3, 0.4) is 0 Å². The molecule has 0 saturated carbocycles. The van der Waals surface area contributed by atoms with Gasteiger partial charge in [0.25, 0.3) is 0 Å². The minimum Gasteiger partial charge on any atom is -0.493 e. The van der Waals surface area contributed by atoms with E-state index in [2.05, 4.69) is 4.98 Å². The van der Waals surface area contributed by atoms with Gasteiger partial charge in [-0.25, -0.2) is 4.39 Å². The first-order chi connectivity index (χ1) is 12.0. The molecule has 0 fully saturated rings. The molecule has 1 aromatic heterocycles. The molecule has 0 radical (unpaired) electrons. The number of nitrogens with one attached hydrogen (secondary N) is 1. The number of hydrogen-bond donors (Lipinski definition) is 2. The highest BCUT2D eigenvalue weighted by molar-refractivity contribution is 5.94. The molecule has 0 bridgehead atoms. The van der Waals surface area contributed by atoms with Gasteiger partial charge in [0.15, 0.2) is 11.5 Å². The number of aliphatic carboxylic acids is 1. The third-order valence-corrected chi connectivity index (χ3v) is 3.97. The number of carboxylic acid groups (broad SMARTS) is 1. The minimum absolute atomic E-state index is 0.214. The van der Waals surface area contributed by atoms with Crippen molar-refractivity contribution in [1.82, 2.24) is 4.98 Å². The summed E-state index contributed by atoms with van der Waals surface area (Å²) in [5, 5.41) is 9.82. The van der Waals surface area contributed by atoms with Crippen LogP contribution >= 0.6 is 0 Å². The van der Waals surface area contributed by atoms with E-state index in [0.717, 1.165) is 0 Å². The van der Waals surface area contributed by atoms with E-state index >= 15 is 0 Å². The molecule has 3 rings (SSSR count). The summed E-state index contributed by atoms with van der Waals surface area (Å²) >= 11 is 0. The number of para-hydroxylation sites is 1. The second kappa shape index (κ2) is 6.84. The van der Waals surface area contributed by atoms with E-state index in [1.54, 1.807) is 37.4 Å². The van der Waals surface area contributed by atoms with Crippen LogP contribution in [-0.4, -0.2) is 29.8 Å². The minimum atomic E-state index is -0.982. The SMILES string of the molecule is CCOc1cc(-c2[nH]c3c(F)cccc3c2CC(=O)O)ccc1OC. The highest BCUT2D eigenvalue weighted by atomic mass is 19.1. The lowest BCUT2D eigenvalue weighted by Crippen LogP contribution is -2.01.